The van der Waals surface area contributed by atoms with Gasteiger partial charge in [-0.05, 0) is 0 Å². The van der Waals surface area contributed by atoms with Crippen LogP contribution in [0.3, 0.4) is 0 Å². The molecule has 1 fully saturated rings. The lowest BCUT2D eigenvalue weighted by atomic mass is 10.1. The fourth-order valence-corrected chi connectivity index (χ4v) is 2.60. The summed E-state index contributed by atoms with van der Waals surface area (Å²) in [5.74, 6) is 0.195. The van der Waals surface area contributed by atoms with E-state index in [1.807, 2.05) is 0 Å². The molecule has 0 radical (unpaired) electrons. The normalized spacial score (nSPS) is 29.3. The number of fused-ring (bicyclic) bond motifs is 1. The third-order valence-electron chi connectivity index (χ3n) is 3.63. The summed E-state index contributed by atoms with van der Waals surface area (Å²) < 4.78 is 8.82. The van der Waals surface area contributed by atoms with Crippen molar-refractivity contribution in [3.05, 3.63) is 11.0 Å². The monoisotopic (exact) mass is 313 g/mol. The second-order valence-corrected chi connectivity index (χ2v) is 5.27. The Morgan fingerprint density at radius 1 is 1.43 bits per heavy atom. The van der Waals surface area contributed by atoms with Crippen molar-refractivity contribution in [1.29, 1.82) is 0 Å². The molecule has 1 aliphatic heterocycles. The molecule has 0 saturated carbocycles. The minimum absolute atomic E-state index is 0.195. The van der Waals surface area contributed by atoms with Gasteiger partial charge in [-0.25, -0.2) is 4.98 Å². The van der Waals surface area contributed by atoms with E-state index in [0.29, 0.717) is 15.8 Å². The topological polar surface area (TPSA) is 132 Å². The van der Waals surface area contributed by atoms with E-state index in [1.54, 1.807) is 7.05 Å². The zero-order valence-corrected chi connectivity index (χ0v) is 11.9. The van der Waals surface area contributed by atoms with Crippen LogP contribution in [0.4, 0.5) is 5.95 Å². The summed E-state index contributed by atoms with van der Waals surface area (Å²) in [5.41, 5.74) is 6.58. The van der Waals surface area contributed by atoms with E-state index in [2.05, 4.69) is 9.97 Å². The molecule has 1 aliphatic rings. The average molecular weight is 313 g/mol. The molecule has 0 spiro atoms. The number of hydrogen-bond donors (Lipinski definition) is 4. The molecular weight excluding hydrogens is 298 g/mol. The molecule has 5 N–H and O–H groups in total. The second kappa shape index (κ2) is 5.00. The Balaban J connectivity index is 2.12. The highest BCUT2D eigenvalue weighted by molar-refractivity contribution is 7.71. The lowest BCUT2D eigenvalue weighted by Gasteiger charge is -2.16. The van der Waals surface area contributed by atoms with Gasteiger partial charge in [-0.1, -0.05) is 12.2 Å². The van der Waals surface area contributed by atoms with E-state index in [0.717, 1.165) is 0 Å². The Labute approximate surface area is 124 Å². The molecule has 0 amide bonds. The number of imidazole rings is 1. The summed E-state index contributed by atoms with van der Waals surface area (Å²) in [6.45, 7) is -0.405. The Kier molecular flexibility index (Phi) is 3.42. The van der Waals surface area contributed by atoms with Gasteiger partial charge in [-0.15, -0.1) is 0 Å². The standard InChI is InChI=1S/C11H15N5O4S/c1-15-10(21)5-8(14-11(15)12)16(3-13-5)9-7(19)6(18)4(2-17)20-9/h3-4,6-7,9,17-19H,2H2,1H3,(H2,12,14)/t4-,6-,7+,9+/m0/s1. The van der Waals surface area contributed by atoms with Gasteiger partial charge in [-0.2, -0.15) is 4.98 Å². The van der Waals surface area contributed by atoms with Gasteiger partial charge in [0.2, 0.25) is 5.95 Å². The SMILES string of the molecule is Cn1c(N)nc2c(ncn2[C@@H]2O[C@@H](CO)[C@H](O)[C@H]2O)c1=S. The lowest BCUT2D eigenvalue weighted by Crippen LogP contribution is -2.33. The Morgan fingerprint density at radius 2 is 2.14 bits per heavy atom. The minimum atomic E-state index is -1.22. The third kappa shape index (κ3) is 2.03. The fraction of sp³-hybridized carbons (Fsp3) is 0.545. The highest BCUT2D eigenvalue weighted by Gasteiger charge is 2.44. The molecule has 21 heavy (non-hydrogen) atoms. The maximum Gasteiger partial charge on any atom is 0.203 e. The van der Waals surface area contributed by atoms with Crippen molar-refractivity contribution in [1.82, 2.24) is 19.1 Å². The number of nitrogens with two attached hydrogens (primary N) is 1. The highest BCUT2D eigenvalue weighted by atomic mass is 32.1. The van der Waals surface area contributed by atoms with Crippen LogP contribution in [0.2, 0.25) is 0 Å². The molecule has 10 heteroatoms. The molecule has 3 rings (SSSR count). The summed E-state index contributed by atoms with van der Waals surface area (Å²) in [4.78, 5) is 8.35. The second-order valence-electron chi connectivity index (χ2n) is 4.89. The Bertz CT molecular complexity index is 744. The molecule has 0 aromatic carbocycles. The molecule has 3 heterocycles. The summed E-state index contributed by atoms with van der Waals surface area (Å²) in [6.07, 6.45) is -2.80. The van der Waals surface area contributed by atoms with Crippen LogP contribution in [-0.2, 0) is 11.8 Å². The molecular formula is C11H15N5O4S. The van der Waals surface area contributed by atoms with E-state index >= 15 is 0 Å². The number of nitrogens with zero attached hydrogens (tertiary/aromatic N) is 4. The van der Waals surface area contributed by atoms with Crippen LogP contribution in [-0.4, -0.2) is 59.3 Å². The Morgan fingerprint density at radius 3 is 2.76 bits per heavy atom. The number of nitrogen functional groups attached to an aromatic ring is 1. The van der Waals surface area contributed by atoms with Gasteiger partial charge < -0.3 is 30.4 Å². The van der Waals surface area contributed by atoms with Crippen molar-refractivity contribution in [2.45, 2.75) is 24.5 Å². The molecule has 114 valence electrons. The van der Waals surface area contributed by atoms with Crippen molar-refractivity contribution in [2.75, 3.05) is 12.3 Å². The molecule has 2 aromatic heterocycles. The average Bonchev–Trinajstić information content (AvgIpc) is 2.99. The lowest BCUT2D eigenvalue weighted by molar-refractivity contribution is -0.0511. The van der Waals surface area contributed by atoms with Crippen LogP contribution in [0.25, 0.3) is 11.2 Å². The van der Waals surface area contributed by atoms with Crippen LogP contribution >= 0.6 is 12.2 Å². The number of aliphatic hydroxyl groups excluding tert-OH is 3. The van der Waals surface area contributed by atoms with E-state index in [4.69, 9.17) is 27.8 Å². The maximum atomic E-state index is 10.1. The van der Waals surface area contributed by atoms with Crippen LogP contribution in [0.15, 0.2) is 6.33 Å². The first-order chi connectivity index (χ1) is 9.95. The van der Waals surface area contributed by atoms with Gasteiger partial charge in [0.25, 0.3) is 0 Å². The van der Waals surface area contributed by atoms with E-state index in [-0.39, 0.29) is 5.95 Å². The van der Waals surface area contributed by atoms with Gasteiger partial charge in [0, 0.05) is 7.05 Å². The number of hydrogen-bond acceptors (Lipinski definition) is 8. The quantitative estimate of drug-likeness (QED) is 0.503. The number of rotatable bonds is 2. The van der Waals surface area contributed by atoms with Crippen molar-refractivity contribution >= 4 is 29.3 Å². The maximum absolute atomic E-state index is 10.1. The highest BCUT2D eigenvalue weighted by Crippen LogP contribution is 2.31. The summed E-state index contributed by atoms with van der Waals surface area (Å²) in [5, 5.41) is 29.0. The minimum Gasteiger partial charge on any atom is -0.394 e. The predicted molar refractivity (Wildman–Crippen MR) is 74.8 cm³/mol. The van der Waals surface area contributed by atoms with Crippen LogP contribution < -0.4 is 5.73 Å². The zero-order valence-electron chi connectivity index (χ0n) is 11.1. The first-order valence-electron chi connectivity index (χ1n) is 6.27. The van der Waals surface area contributed by atoms with Crippen LogP contribution in [0.5, 0.6) is 0 Å². The molecule has 0 aliphatic carbocycles. The fourth-order valence-electron chi connectivity index (χ4n) is 2.36. The number of aromatic nitrogens is 4. The zero-order chi connectivity index (χ0) is 15.3. The molecule has 2 aromatic rings. The van der Waals surface area contributed by atoms with Gasteiger partial charge in [-0.3, -0.25) is 4.57 Å². The van der Waals surface area contributed by atoms with Gasteiger partial charge in [0.15, 0.2) is 11.9 Å². The van der Waals surface area contributed by atoms with Gasteiger partial charge in [0.05, 0.1) is 12.9 Å². The molecule has 1 saturated heterocycles. The summed E-state index contributed by atoms with van der Waals surface area (Å²) in [6, 6.07) is 0. The number of anilines is 1. The smallest absolute Gasteiger partial charge is 0.203 e. The van der Waals surface area contributed by atoms with E-state index in [1.165, 1.54) is 15.5 Å². The molecule has 4 atom stereocenters. The summed E-state index contributed by atoms with van der Waals surface area (Å²) >= 11 is 5.24. The first-order valence-corrected chi connectivity index (χ1v) is 6.68. The largest absolute Gasteiger partial charge is 0.394 e. The first kappa shape index (κ1) is 14.4. The van der Waals surface area contributed by atoms with Crippen molar-refractivity contribution in [2.24, 2.45) is 7.05 Å². The summed E-state index contributed by atoms with van der Waals surface area (Å²) in [7, 11) is 1.68. The molecule has 0 bridgehead atoms. The van der Waals surface area contributed by atoms with Crippen LogP contribution in [0.1, 0.15) is 6.23 Å². The Hall–Kier alpha value is -1.59. The van der Waals surface area contributed by atoms with Gasteiger partial charge in [0.1, 0.15) is 28.5 Å². The van der Waals surface area contributed by atoms with E-state index < -0.39 is 31.1 Å². The van der Waals surface area contributed by atoms with E-state index in [9.17, 15) is 10.2 Å². The number of ether oxygens (including phenoxy) is 1. The molecule has 0 unspecified atom stereocenters. The van der Waals surface area contributed by atoms with Crippen molar-refractivity contribution < 1.29 is 20.1 Å². The van der Waals surface area contributed by atoms with Gasteiger partial charge >= 0.3 is 0 Å². The predicted octanol–water partition coefficient (Wildman–Crippen LogP) is -1.31. The van der Waals surface area contributed by atoms with Crippen LogP contribution in [0, 0.1) is 4.64 Å². The van der Waals surface area contributed by atoms with Crippen molar-refractivity contribution in [3.8, 4) is 0 Å². The van der Waals surface area contributed by atoms with Crippen molar-refractivity contribution in [3.63, 3.8) is 0 Å². The third-order valence-corrected chi connectivity index (χ3v) is 4.10. The number of aliphatic hydroxyl groups is 3. The molecule has 9 nitrogen and oxygen atoms in total.